The highest BCUT2D eigenvalue weighted by molar-refractivity contribution is 5.80. The van der Waals surface area contributed by atoms with Gasteiger partial charge in [-0.3, -0.25) is 4.99 Å². The molecule has 0 aromatic heterocycles. The minimum Gasteiger partial charge on any atom is -0.389 e. The van der Waals surface area contributed by atoms with Crippen LogP contribution in [0, 0.1) is 11.8 Å². The van der Waals surface area contributed by atoms with E-state index in [1.165, 1.54) is 58.0 Å². The summed E-state index contributed by atoms with van der Waals surface area (Å²) in [7, 11) is 0. The topological polar surface area (TPSA) is 69.1 Å². The van der Waals surface area contributed by atoms with Crippen molar-refractivity contribution in [3.05, 3.63) is 0 Å². The number of rotatable bonds is 10. The lowest BCUT2D eigenvalue weighted by Crippen LogP contribution is -2.45. The molecule has 2 atom stereocenters. The van der Waals surface area contributed by atoms with Gasteiger partial charge in [0, 0.05) is 38.8 Å². The van der Waals surface area contributed by atoms with Crippen molar-refractivity contribution in [3.8, 4) is 0 Å². The number of likely N-dealkylation sites (tertiary alicyclic amines) is 1. The van der Waals surface area contributed by atoms with E-state index in [0.29, 0.717) is 19.2 Å². The summed E-state index contributed by atoms with van der Waals surface area (Å²) in [6.45, 7) is 8.03. The summed E-state index contributed by atoms with van der Waals surface area (Å²) in [5, 5.41) is 16.9. The Morgan fingerprint density at radius 3 is 2.73 bits per heavy atom. The molecular weight excluding hydrogens is 328 g/mol. The number of aliphatic hydroxyl groups excluding tert-OH is 1. The van der Waals surface area contributed by atoms with Crippen LogP contribution in [0.25, 0.3) is 0 Å². The number of guanidine groups is 1. The van der Waals surface area contributed by atoms with Crippen LogP contribution in [0.15, 0.2) is 4.99 Å². The quantitative estimate of drug-likeness (QED) is 0.405. The van der Waals surface area contributed by atoms with Crippen LogP contribution >= 0.6 is 0 Å². The summed E-state index contributed by atoms with van der Waals surface area (Å²) in [5.74, 6) is 2.47. The molecule has 1 aliphatic heterocycles. The van der Waals surface area contributed by atoms with E-state index in [0.717, 1.165) is 37.5 Å². The second-order valence-corrected chi connectivity index (χ2v) is 8.39. The van der Waals surface area contributed by atoms with E-state index in [9.17, 15) is 5.11 Å². The van der Waals surface area contributed by atoms with Gasteiger partial charge in [0.15, 0.2) is 5.96 Å². The molecule has 3 N–H and O–H groups in total. The van der Waals surface area contributed by atoms with E-state index in [1.54, 1.807) is 0 Å². The van der Waals surface area contributed by atoms with Gasteiger partial charge in [-0.1, -0.05) is 12.8 Å². The van der Waals surface area contributed by atoms with Crippen molar-refractivity contribution in [2.24, 2.45) is 16.8 Å². The molecule has 0 radical (unpaired) electrons. The van der Waals surface area contributed by atoms with Gasteiger partial charge in [-0.25, -0.2) is 0 Å². The largest absolute Gasteiger partial charge is 0.389 e. The summed E-state index contributed by atoms with van der Waals surface area (Å²) in [6, 6.07) is 0.456. The third kappa shape index (κ3) is 7.05. The molecule has 1 heterocycles. The molecule has 0 aromatic carbocycles. The molecule has 0 bridgehead atoms. The summed E-state index contributed by atoms with van der Waals surface area (Å²) in [4.78, 5) is 7.17. The van der Waals surface area contributed by atoms with Gasteiger partial charge in [-0.15, -0.1) is 0 Å². The highest BCUT2D eigenvalue weighted by Gasteiger charge is 2.26. The first-order valence-electron chi connectivity index (χ1n) is 10.8. The second kappa shape index (κ2) is 10.5. The number of hydrogen-bond donors (Lipinski definition) is 3. The third-order valence-electron chi connectivity index (χ3n) is 5.77. The van der Waals surface area contributed by atoms with Crippen molar-refractivity contribution in [2.45, 2.75) is 64.0 Å². The lowest BCUT2D eigenvalue weighted by Gasteiger charge is -2.21. The Morgan fingerprint density at radius 1 is 1.19 bits per heavy atom. The molecule has 26 heavy (non-hydrogen) atoms. The first-order chi connectivity index (χ1) is 12.7. The Balaban J connectivity index is 1.36. The molecule has 150 valence electrons. The molecule has 0 aromatic rings. The van der Waals surface area contributed by atoms with Gasteiger partial charge in [0.05, 0.1) is 19.3 Å². The fourth-order valence-electron chi connectivity index (χ4n) is 4.09. The van der Waals surface area contributed by atoms with E-state index in [1.807, 2.05) is 0 Å². The highest BCUT2D eigenvalue weighted by Crippen LogP contribution is 2.28. The molecule has 2 saturated carbocycles. The minimum atomic E-state index is -0.522. The molecule has 3 rings (SSSR count). The van der Waals surface area contributed by atoms with Crippen LogP contribution in [0.3, 0.4) is 0 Å². The van der Waals surface area contributed by atoms with Crippen molar-refractivity contribution in [3.63, 3.8) is 0 Å². The molecule has 3 aliphatic rings. The number of ether oxygens (including phenoxy) is 1. The second-order valence-electron chi connectivity index (χ2n) is 8.39. The van der Waals surface area contributed by atoms with Crippen molar-refractivity contribution >= 4 is 5.96 Å². The van der Waals surface area contributed by atoms with E-state index in [4.69, 9.17) is 4.74 Å². The van der Waals surface area contributed by atoms with Crippen molar-refractivity contribution < 1.29 is 9.84 Å². The Hall–Kier alpha value is -0.850. The zero-order valence-electron chi connectivity index (χ0n) is 16.5. The van der Waals surface area contributed by atoms with Crippen LogP contribution in [0.5, 0.6) is 0 Å². The van der Waals surface area contributed by atoms with Crippen molar-refractivity contribution in [2.75, 3.05) is 45.9 Å². The van der Waals surface area contributed by atoms with E-state index >= 15 is 0 Å². The average Bonchev–Trinajstić information content (AvgIpc) is 3.11. The van der Waals surface area contributed by atoms with Crippen molar-refractivity contribution in [1.29, 1.82) is 0 Å². The fraction of sp³-hybridized carbons (Fsp3) is 0.950. The Bertz CT molecular complexity index is 436. The normalized spacial score (nSPS) is 26.4. The van der Waals surface area contributed by atoms with Crippen LogP contribution in [0.2, 0.25) is 0 Å². The first kappa shape index (κ1) is 19.9. The number of nitrogens with one attached hydrogen (secondary N) is 2. The Kier molecular flexibility index (Phi) is 8.02. The third-order valence-corrected chi connectivity index (χ3v) is 5.77. The van der Waals surface area contributed by atoms with Crippen LogP contribution in [-0.2, 0) is 4.74 Å². The maximum Gasteiger partial charge on any atom is 0.191 e. The van der Waals surface area contributed by atoms with Gasteiger partial charge in [-0.05, 0) is 50.9 Å². The van der Waals surface area contributed by atoms with Gasteiger partial charge in [0.25, 0.3) is 0 Å². The number of hydrogen-bond acceptors (Lipinski definition) is 4. The van der Waals surface area contributed by atoms with Crippen LogP contribution in [0.1, 0.15) is 51.9 Å². The summed E-state index contributed by atoms with van der Waals surface area (Å²) in [6.07, 6.45) is 8.88. The lowest BCUT2D eigenvalue weighted by atomic mass is 10.1. The molecule has 6 nitrogen and oxygen atoms in total. The molecule has 3 fully saturated rings. The zero-order chi connectivity index (χ0) is 18.2. The van der Waals surface area contributed by atoms with E-state index < -0.39 is 6.10 Å². The number of aliphatic hydroxyl groups is 1. The standard InChI is InChI=1S/C20H38N4O2/c1-2-21-20(22-11-19(25)15-26-14-17-7-8-17)23-18-9-10-24(13-18)12-16-5-3-4-6-16/h16-19,25H,2-15H2,1H3,(H2,21,22,23). The van der Waals surface area contributed by atoms with Gasteiger partial charge in [-0.2, -0.15) is 0 Å². The predicted molar refractivity (Wildman–Crippen MR) is 105 cm³/mol. The molecule has 1 saturated heterocycles. The summed E-state index contributed by atoms with van der Waals surface area (Å²) in [5.41, 5.74) is 0. The zero-order valence-corrected chi connectivity index (χ0v) is 16.5. The minimum absolute atomic E-state index is 0.387. The summed E-state index contributed by atoms with van der Waals surface area (Å²) >= 11 is 0. The Labute approximate surface area is 158 Å². The Morgan fingerprint density at radius 2 is 2.00 bits per heavy atom. The maximum atomic E-state index is 10.1. The first-order valence-corrected chi connectivity index (χ1v) is 10.8. The predicted octanol–water partition coefficient (Wildman–Crippen LogP) is 1.59. The molecule has 2 aliphatic carbocycles. The molecule has 2 unspecified atom stereocenters. The van der Waals surface area contributed by atoms with Crippen LogP contribution in [-0.4, -0.2) is 74.0 Å². The smallest absolute Gasteiger partial charge is 0.191 e. The van der Waals surface area contributed by atoms with Crippen LogP contribution in [0.4, 0.5) is 0 Å². The molecular formula is C20H38N4O2. The number of nitrogens with zero attached hydrogens (tertiary/aromatic N) is 2. The van der Waals surface area contributed by atoms with E-state index in [-0.39, 0.29) is 0 Å². The molecule has 0 amide bonds. The highest BCUT2D eigenvalue weighted by atomic mass is 16.5. The van der Waals surface area contributed by atoms with E-state index in [2.05, 4.69) is 27.4 Å². The summed E-state index contributed by atoms with van der Waals surface area (Å²) < 4.78 is 5.56. The monoisotopic (exact) mass is 366 g/mol. The van der Waals surface area contributed by atoms with Crippen LogP contribution < -0.4 is 10.6 Å². The average molecular weight is 367 g/mol. The molecule has 0 spiro atoms. The maximum absolute atomic E-state index is 10.1. The molecule has 6 heteroatoms. The van der Waals surface area contributed by atoms with Gasteiger partial charge < -0.3 is 25.4 Å². The lowest BCUT2D eigenvalue weighted by molar-refractivity contribution is 0.0368. The van der Waals surface area contributed by atoms with Gasteiger partial charge in [0.2, 0.25) is 0 Å². The van der Waals surface area contributed by atoms with Crippen molar-refractivity contribution in [1.82, 2.24) is 15.5 Å². The fourth-order valence-corrected chi connectivity index (χ4v) is 4.09. The number of aliphatic imine (C=N–C) groups is 1. The van der Waals surface area contributed by atoms with Gasteiger partial charge >= 0.3 is 0 Å². The van der Waals surface area contributed by atoms with Gasteiger partial charge in [0.1, 0.15) is 0 Å². The SMILES string of the molecule is CCNC(=NCC(O)COCC1CC1)NC1CCN(CC2CCCC2)C1.